The van der Waals surface area contributed by atoms with Gasteiger partial charge in [-0.25, -0.2) is 14.6 Å². The van der Waals surface area contributed by atoms with E-state index in [1.54, 1.807) is 38.5 Å². The van der Waals surface area contributed by atoms with Crippen molar-refractivity contribution in [2.45, 2.75) is 55.6 Å². The molecule has 0 amide bonds. The van der Waals surface area contributed by atoms with Gasteiger partial charge in [-0.1, -0.05) is 66.6 Å². The van der Waals surface area contributed by atoms with Gasteiger partial charge in [0.2, 0.25) is 11.6 Å². The first-order valence-electron chi connectivity index (χ1n) is 14.0. The van der Waals surface area contributed by atoms with Crippen molar-refractivity contribution in [1.82, 2.24) is 9.55 Å². The van der Waals surface area contributed by atoms with Crippen molar-refractivity contribution in [3.63, 3.8) is 0 Å². The molecule has 0 aliphatic heterocycles. The van der Waals surface area contributed by atoms with E-state index in [1.807, 2.05) is 12.1 Å². The van der Waals surface area contributed by atoms with E-state index in [9.17, 15) is 43.8 Å². The lowest BCUT2D eigenvalue weighted by molar-refractivity contribution is -0.187. The molecular weight excluding hydrogens is 614 g/mol. The number of Topliss-reactive ketones (excluding diaryl/α,β-unsaturated/α-hetero) is 2. The van der Waals surface area contributed by atoms with Crippen molar-refractivity contribution < 1.29 is 43.8 Å². The number of aliphatic hydroxyl groups is 2. The number of carboxylic acids is 2. The summed E-state index contributed by atoms with van der Waals surface area (Å²) in [6.45, 7) is 6.40. The molecule has 3 aromatic carbocycles. The third-order valence-corrected chi connectivity index (χ3v) is 8.47. The van der Waals surface area contributed by atoms with Gasteiger partial charge in [-0.2, -0.15) is 0 Å². The number of imidazole rings is 1. The molecule has 1 heterocycles. The molecule has 0 saturated heterocycles. The molecule has 242 valence electrons. The van der Waals surface area contributed by atoms with E-state index in [0.29, 0.717) is 22.6 Å². The van der Waals surface area contributed by atoms with E-state index in [1.165, 1.54) is 24.3 Å². The average molecular weight is 650 g/mol. The highest BCUT2D eigenvalue weighted by Crippen LogP contribution is 2.32. The minimum absolute atomic E-state index is 0.383. The lowest BCUT2D eigenvalue weighted by Gasteiger charge is -2.34. The molecule has 3 atom stereocenters. The number of aromatic nitrogens is 2. The van der Waals surface area contributed by atoms with Crippen LogP contribution in [0, 0.1) is 13.8 Å². The first-order valence-corrected chi connectivity index (χ1v) is 15.4. The molecule has 4 rings (SSSR count). The molecule has 0 radical (unpaired) electrons. The Morgan fingerprint density at radius 3 is 1.61 bits per heavy atom. The van der Waals surface area contributed by atoms with Gasteiger partial charge in [-0.05, 0) is 44.5 Å². The smallest absolute Gasteiger partial charge is 0.348 e. The van der Waals surface area contributed by atoms with Gasteiger partial charge in [0, 0.05) is 34.5 Å². The largest absolute Gasteiger partial charge is 0.479 e. The number of carbonyl (C=O) groups excluding carboxylic acids is 2. The second-order valence-electron chi connectivity index (χ2n) is 10.6. The zero-order valence-electron chi connectivity index (χ0n) is 25.4. The van der Waals surface area contributed by atoms with E-state index in [2.05, 4.69) is 16.5 Å². The zero-order valence-corrected chi connectivity index (χ0v) is 26.2. The second-order valence-corrected chi connectivity index (χ2v) is 12.0. The normalized spacial score (nSPS) is 14.1. The van der Waals surface area contributed by atoms with Gasteiger partial charge >= 0.3 is 11.9 Å². The zero-order chi connectivity index (χ0) is 34.2. The van der Waals surface area contributed by atoms with Crippen LogP contribution in [0.5, 0.6) is 0 Å². The summed E-state index contributed by atoms with van der Waals surface area (Å²) < 4.78 is 14.3. The van der Waals surface area contributed by atoms with Crippen molar-refractivity contribution in [2.24, 2.45) is 0 Å². The molecule has 0 saturated carbocycles. The Hall–Kier alpha value is -4.98. The summed E-state index contributed by atoms with van der Waals surface area (Å²) in [6, 6.07) is 17.5. The van der Waals surface area contributed by atoms with E-state index in [0.717, 1.165) is 47.8 Å². The summed E-state index contributed by atoms with van der Waals surface area (Å²) in [5, 5.41) is 40.3. The summed E-state index contributed by atoms with van der Waals surface area (Å²) in [6.07, 6.45) is 4.61. The van der Waals surface area contributed by atoms with Crippen LogP contribution in [-0.2, 0) is 32.7 Å². The Labute approximate surface area is 267 Å². The molecule has 1 aromatic heterocycles. The number of benzene rings is 3. The van der Waals surface area contributed by atoms with Crippen molar-refractivity contribution in [3.05, 3.63) is 113 Å². The predicted octanol–water partition coefficient (Wildman–Crippen LogP) is 3.18. The van der Waals surface area contributed by atoms with E-state index in [4.69, 9.17) is 5.73 Å². The Morgan fingerprint density at radius 2 is 1.22 bits per heavy atom. The number of carboxylic acid groups (broad SMARTS) is 2. The number of ketones is 2. The maximum Gasteiger partial charge on any atom is 0.348 e. The molecule has 0 spiro atoms. The maximum atomic E-state index is 12.8. The van der Waals surface area contributed by atoms with Crippen LogP contribution < -0.4 is 5.73 Å². The number of nitrogens with two attached hydrogens (primary N) is 1. The molecule has 0 aliphatic carbocycles. The Morgan fingerprint density at radius 1 is 0.783 bits per heavy atom. The SMILES string of the molecule is CCCn1cncc1CS(=O)c1ccc(N)cc1.Cc1ccc(C(=O)[C@@](O)(C(=O)O)[C@](O)(C(=O)O)C(=O)c2ccc(C)cc2)cc1. The third kappa shape index (κ3) is 7.45. The Bertz CT molecular complexity index is 1660. The predicted molar refractivity (Wildman–Crippen MR) is 170 cm³/mol. The van der Waals surface area contributed by atoms with Gasteiger partial charge in [-0.3, -0.25) is 13.8 Å². The first kappa shape index (κ1) is 35.5. The third-order valence-electron chi connectivity index (χ3n) is 7.11. The summed E-state index contributed by atoms with van der Waals surface area (Å²) in [5.74, 6) is -7.52. The van der Waals surface area contributed by atoms with Crippen molar-refractivity contribution in [2.75, 3.05) is 5.73 Å². The van der Waals surface area contributed by atoms with Gasteiger partial charge in [0.15, 0.2) is 0 Å². The molecule has 13 heteroatoms. The fourth-order valence-electron chi connectivity index (χ4n) is 4.41. The van der Waals surface area contributed by atoms with Gasteiger partial charge in [0.25, 0.3) is 11.2 Å². The minimum atomic E-state index is -3.96. The van der Waals surface area contributed by atoms with E-state index in [-0.39, 0.29) is 11.1 Å². The fourth-order valence-corrected chi connectivity index (χ4v) is 5.52. The number of nitrogen functional groups attached to an aromatic ring is 1. The summed E-state index contributed by atoms with van der Waals surface area (Å²) in [5.41, 5.74) is 0.0333. The van der Waals surface area contributed by atoms with E-state index >= 15 is 0 Å². The van der Waals surface area contributed by atoms with Crippen LogP contribution in [0.3, 0.4) is 0 Å². The van der Waals surface area contributed by atoms with Crippen LogP contribution in [0.15, 0.2) is 90.2 Å². The summed E-state index contributed by atoms with van der Waals surface area (Å²) in [7, 11) is -1.05. The average Bonchev–Trinajstić information content (AvgIpc) is 3.47. The number of hydrogen-bond donors (Lipinski definition) is 5. The second kappa shape index (κ2) is 14.9. The van der Waals surface area contributed by atoms with Crippen molar-refractivity contribution >= 4 is 40.0 Å². The molecule has 0 aliphatic rings. The monoisotopic (exact) mass is 649 g/mol. The summed E-state index contributed by atoms with van der Waals surface area (Å²) in [4.78, 5) is 54.0. The molecule has 46 heavy (non-hydrogen) atoms. The van der Waals surface area contributed by atoms with E-state index < -0.39 is 45.5 Å². The lowest BCUT2D eigenvalue weighted by Crippen LogP contribution is -2.71. The first-order chi connectivity index (χ1) is 21.7. The number of rotatable bonds is 12. The number of aliphatic carboxylic acids is 2. The topological polar surface area (TPSA) is 210 Å². The minimum Gasteiger partial charge on any atom is -0.479 e. The van der Waals surface area contributed by atoms with Crippen LogP contribution in [0.4, 0.5) is 5.69 Å². The summed E-state index contributed by atoms with van der Waals surface area (Å²) >= 11 is 0. The molecule has 0 bridgehead atoms. The van der Waals surface area contributed by atoms with Gasteiger partial charge in [0.05, 0.1) is 28.6 Å². The van der Waals surface area contributed by atoms with Gasteiger partial charge in [0.1, 0.15) is 0 Å². The van der Waals surface area contributed by atoms with Crippen LogP contribution in [-0.4, -0.2) is 68.9 Å². The molecule has 0 fully saturated rings. The number of nitrogens with zero attached hydrogens (tertiary/aromatic N) is 2. The highest BCUT2D eigenvalue weighted by atomic mass is 32.2. The molecular formula is C33H35N3O9S. The molecule has 12 nitrogen and oxygen atoms in total. The molecule has 6 N–H and O–H groups in total. The van der Waals surface area contributed by atoms with Crippen molar-refractivity contribution in [3.8, 4) is 0 Å². The standard InChI is InChI=1S/C20H18O8.C13H17N3OS/c1-11-3-7-13(8-4-11)15(21)19(27,17(23)24)20(28,18(25)26)16(22)14-9-5-12(2)6-10-14;1-2-7-16-10-15-8-12(16)9-18(17)13-5-3-11(14)4-6-13/h3-10,27-28H,1-2H3,(H,23,24)(H,25,26);3-6,8,10H,2,7,9,14H2,1H3/t19-,20-;/m1./s1. The van der Waals surface area contributed by atoms with Gasteiger partial charge in [-0.15, -0.1) is 0 Å². The highest BCUT2D eigenvalue weighted by molar-refractivity contribution is 7.84. The van der Waals surface area contributed by atoms with Crippen molar-refractivity contribution in [1.29, 1.82) is 0 Å². The van der Waals surface area contributed by atoms with Crippen LogP contribution in [0.1, 0.15) is 50.9 Å². The number of aryl methyl sites for hydroxylation is 3. The fraction of sp³-hybridized carbons (Fsp3) is 0.242. The number of carbonyl (C=O) groups is 4. The Kier molecular flexibility index (Phi) is 11.5. The quantitative estimate of drug-likeness (QED) is 0.0855. The van der Waals surface area contributed by atoms with Crippen LogP contribution >= 0.6 is 0 Å². The molecule has 1 unspecified atom stereocenters. The lowest BCUT2D eigenvalue weighted by atomic mass is 9.73. The molecule has 4 aromatic rings. The van der Waals surface area contributed by atoms with Crippen LogP contribution in [0.25, 0.3) is 0 Å². The van der Waals surface area contributed by atoms with Gasteiger partial charge < -0.3 is 30.7 Å². The highest BCUT2D eigenvalue weighted by Gasteiger charge is 2.69. The maximum absolute atomic E-state index is 12.8. The Balaban J connectivity index is 0.000000275. The van der Waals surface area contributed by atoms with Crippen LogP contribution in [0.2, 0.25) is 0 Å². The number of anilines is 1. The number of hydrogen-bond acceptors (Lipinski definition) is 9.